The third kappa shape index (κ3) is 7.68. The van der Waals surface area contributed by atoms with Crippen molar-refractivity contribution in [3.05, 3.63) is 35.3 Å². The number of rotatable bonds is 8. The minimum absolute atomic E-state index is 0.0408. The molecule has 2 unspecified atom stereocenters. The molecule has 212 valence electrons. The number of hydrogen-bond donors (Lipinski definition) is 2. The summed E-state index contributed by atoms with van der Waals surface area (Å²) in [4.78, 5) is 22.0. The van der Waals surface area contributed by atoms with Gasteiger partial charge >= 0.3 is 6.18 Å². The molecule has 2 atom stereocenters. The largest absolute Gasteiger partial charge is 0.490 e. The Bertz CT molecular complexity index is 1230. The van der Waals surface area contributed by atoms with Crippen LogP contribution in [0.25, 0.3) is 0 Å². The monoisotopic (exact) mass is 576 g/mol. The van der Waals surface area contributed by atoms with Gasteiger partial charge < -0.3 is 15.4 Å². The highest BCUT2D eigenvalue weighted by Crippen LogP contribution is 2.29. The number of piperidine rings is 1. The van der Waals surface area contributed by atoms with Crippen LogP contribution in [0.1, 0.15) is 28.9 Å². The normalized spacial score (nSPS) is 20.2. The van der Waals surface area contributed by atoms with Crippen molar-refractivity contribution in [1.82, 2.24) is 9.27 Å². The average Bonchev–Trinajstić information content (AvgIpc) is 3.23. The Labute approximate surface area is 224 Å². The number of nitrogens with zero attached hydrogens (tertiary/aromatic N) is 4. The fraction of sp³-hybridized carbons (Fsp3) is 0.500. The zero-order chi connectivity index (χ0) is 28.2. The Morgan fingerprint density at radius 2 is 2.10 bits per heavy atom. The number of aliphatic imine (C=N–C) groups is 2. The van der Waals surface area contributed by atoms with E-state index in [1.165, 1.54) is 12.1 Å². The SMILES string of the molecule is Cc1nsc(NC2=NCC(C(F)(F)F)N=C2)c1C(=O)Nc1ccc(F)c(OCC2CCCN(CC(F)F)C2)c1. The molecule has 4 rings (SSSR count). The molecule has 0 aliphatic carbocycles. The minimum Gasteiger partial charge on any atom is -0.490 e. The van der Waals surface area contributed by atoms with Crippen molar-refractivity contribution in [3.63, 3.8) is 0 Å². The topological polar surface area (TPSA) is 91.2 Å². The number of benzene rings is 1. The van der Waals surface area contributed by atoms with E-state index in [-0.39, 0.29) is 46.9 Å². The molecule has 39 heavy (non-hydrogen) atoms. The second-order valence-corrected chi connectivity index (χ2v) is 10.0. The number of alkyl halides is 5. The number of ether oxygens (including phenoxy) is 1. The highest BCUT2D eigenvalue weighted by Gasteiger charge is 2.40. The van der Waals surface area contributed by atoms with Gasteiger partial charge in [0.25, 0.3) is 12.3 Å². The van der Waals surface area contributed by atoms with Crippen LogP contribution in [0.4, 0.5) is 37.0 Å². The first-order chi connectivity index (χ1) is 18.5. The maximum Gasteiger partial charge on any atom is 0.412 e. The first-order valence-corrected chi connectivity index (χ1v) is 12.9. The summed E-state index contributed by atoms with van der Waals surface area (Å²) >= 11 is 0.926. The minimum atomic E-state index is -4.50. The molecule has 1 amide bonds. The van der Waals surface area contributed by atoms with E-state index in [1.54, 1.807) is 11.8 Å². The third-order valence-electron chi connectivity index (χ3n) is 6.18. The van der Waals surface area contributed by atoms with Gasteiger partial charge in [0, 0.05) is 24.2 Å². The zero-order valence-corrected chi connectivity index (χ0v) is 21.6. The smallest absolute Gasteiger partial charge is 0.412 e. The quantitative estimate of drug-likeness (QED) is 0.431. The van der Waals surface area contributed by atoms with Gasteiger partial charge in [-0.15, -0.1) is 0 Å². The fourth-order valence-corrected chi connectivity index (χ4v) is 5.07. The molecule has 1 saturated heterocycles. The number of amidine groups is 1. The lowest BCUT2D eigenvalue weighted by Crippen LogP contribution is -2.40. The van der Waals surface area contributed by atoms with Crippen molar-refractivity contribution in [1.29, 1.82) is 0 Å². The highest BCUT2D eigenvalue weighted by molar-refractivity contribution is 7.11. The number of carbonyl (C=O) groups excluding carboxylic acids is 1. The van der Waals surface area contributed by atoms with Gasteiger partial charge in [-0.25, -0.2) is 13.2 Å². The van der Waals surface area contributed by atoms with Crippen molar-refractivity contribution in [3.8, 4) is 5.75 Å². The summed E-state index contributed by atoms with van der Waals surface area (Å²) < 4.78 is 88.0. The van der Waals surface area contributed by atoms with Crippen LogP contribution in [0.3, 0.4) is 0 Å². The van der Waals surface area contributed by atoms with Gasteiger partial charge in [0.1, 0.15) is 10.8 Å². The van der Waals surface area contributed by atoms with Crippen molar-refractivity contribution in [2.75, 3.05) is 43.4 Å². The Balaban J connectivity index is 1.38. The molecular weight excluding hydrogens is 550 g/mol. The summed E-state index contributed by atoms with van der Waals surface area (Å²) in [6.07, 6.45) is -4.46. The predicted molar refractivity (Wildman–Crippen MR) is 136 cm³/mol. The van der Waals surface area contributed by atoms with Crippen LogP contribution >= 0.6 is 11.5 Å². The first-order valence-electron chi connectivity index (χ1n) is 12.1. The van der Waals surface area contributed by atoms with E-state index in [0.29, 0.717) is 18.8 Å². The number of halogens is 6. The Morgan fingerprint density at radius 3 is 2.79 bits per heavy atom. The van der Waals surface area contributed by atoms with E-state index >= 15 is 0 Å². The molecule has 8 nitrogen and oxygen atoms in total. The zero-order valence-electron chi connectivity index (χ0n) is 20.8. The molecule has 2 aromatic rings. The maximum absolute atomic E-state index is 14.4. The average molecular weight is 577 g/mol. The number of aromatic nitrogens is 1. The molecular formula is C24H26F6N6O2S. The molecule has 3 heterocycles. The Kier molecular flexibility index (Phi) is 9.10. The molecule has 0 spiro atoms. The number of amides is 1. The van der Waals surface area contributed by atoms with Gasteiger partial charge in [0.2, 0.25) is 0 Å². The van der Waals surface area contributed by atoms with Crippen LogP contribution in [-0.2, 0) is 0 Å². The van der Waals surface area contributed by atoms with Crippen molar-refractivity contribution in [2.24, 2.45) is 15.9 Å². The van der Waals surface area contributed by atoms with Crippen LogP contribution < -0.4 is 15.4 Å². The molecule has 2 N–H and O–H groups in total. The van der Waals surface area contributed by atoms with E-state index in [1.807, 2.05) is 0 Å². The summed E-state index contributed by atoms with van der Waals surface area (Å²) in [6.45, 7) is 1.84. The van der Waals surface area contributed by atoms with Gasteiger partial charge in [-0.1, -0.05) is 0 Å². The van der Waals surface area contributed by atoms with E-state index in [0.717, 1.165) is 36.7 Å². The maximum atomic E-state index is 14.4. The number of hydrogen-bond acceptors (Lipinski definition) is 8. The molecule has 2 aliphatic heterocycles. The van der Waals surface area contributed by atoms with E-state index in [4.69, 9.17) is 4.74 Å². The number of likely N-dealkylation sites (tertiary alicyclic amines) is 1. The lowest BCUT2D eigenvalue weighted by molar-refractivity contribution is -0.144. The number of aryl methyl sites for hydroxylation is 1. The highest BCUT2D eigenvalue weighted by atomic mass is 32.1. The van der Waals surface area contributed by atoms with E-state index < -0.39 is 36.9 Å². The standard InChI is InChI=1S/C24H26F6N6O2S/c1-13-21(23(39-35-13)34-20-9-31-18(8-32-20)24(28,29)30)22(37)33-15-4-5-16(25)17(7-15)38-12-14-3-2-6-36(10-14)11-19(26)27/h4-5,7,9,14,18-19H,2-3,6,8,10-12H2,1H3,(H,32,34)(H,33,37). The molecule has 2 aliphatic rings. The second-order valence-electron chi connectivity index (χ2n) is 9.23. The Morgan fingerprint density at radius 1 is 1.31 bits per heavy atom. The van der Waals surface area contributed by atoms with Crippen LogP contribution in [0, 0.1) is 18.7 Å². The van der Waals surface area contributed by atoms with Crippen molar-refractivity contribution < 1.29 is 35.9 Å². The van der Waals surface area contributed by atoms with Crippen LogP contribution in [-0.4, -0.2) is 78.7 Å². The summed E-state index contributed by atoms with van der Waals surface area (Å²) in [5.74, 6) is -1.31. The molecule has 15 heteroatoms. The third-order valence-corrected chi connectivity index (χ3v) is 7.04. The molecule has 1 fully saturated rings. The number of nitrogens with one attached hydrogen (secondary N) is 2. The predicted octanol–water partition coefficient (Wildman–Crippen LogP) is 5.02. The fourth-order valence-electron chi connectivity index (χ4n) is 4.27. The molecule has 0 bridgehead atoms. The van der Waals surface area contributed by atoms with Crippen LogP contribution in [0.5, 0.6) is 5.75 Å². The van der Waals surface area contributed by atoms with E-state index in [9.17, 15) is 31.1 Å². The summed E-state index contributed by atoms with van der Waals surface area (Å²) in [7, 11) is 0. The second kappa shape index (κ2) is 12.3. The van der Waals surface area contributed by atoms with Crippen molar-refractivity contribution >= 4 is 40.2 Å². The van der Waals surface area contributed by atoms with Crippen molar-refractivity contribution in [2.45, 2.75) is 38.4 Å². The molecule has 1 aromatic carbocycles. The summed E-state index contributed by atoms with van der Waals surface area (Å²) in [5, 5.41) is 5.70. The summed E-state index contributed by atoms with van der Waals surface area (Å²) in [6, 6.07) is 1.89. The number of anilines is 2. The first kappa shape index (κ1) is 28.8. The lowest BCUT2D eigenvalue weighted by atomic mass is 9.99. The number of carbonyl (C=O) groups is 1. The van der Waals surface area contributed by atoms with Gasteiger partial charge in [-0.2, -0.15) is 17.5 Å². The lowest BCUT2D eigenvalue weighted by Gasteiger charge is -2.32. The van der Waals surface area contributed by atoms with Crippen LogP contribution in [0.15, 0.2) is 28.2 Å². The Hall–Kier alpha value is -3.20. The molecule has 0 radical (unpaired) electrons. The van der Waals surface area contributed by atoms with Gasteiger partial charge in [0.15, 0.2) is 17.6 Å². The molecule has 1 aromatic heterocycles. The van der Waals surface area contributed by atoms with Gasteiger partial charge in [0.05, 0.1) is 37.2 Å². The van der Waals surface area contributed by atoms with E-state index in [2.05, 4.69) is 25.0 Å². The molecule has 0 saturated carbocycles. The van der Waals surface area contributed by atoms with Crippen LogP contribution in [0.2, 0.25) is 0 Å². The summed E-state index contributed by atoms with van der Waals surface area (Å²) in [5.41, 5.74) is 0.744. The van der Waals surface area contributed by atoms with Gasteiger partial charge in [-0.05, 0) is 50.0 Å². The van der Waals surface area contributed by atoms with Gasteiger partial charge in [-0.3, -0.25) is 19.7 Å².